The van der Waals surface area contributed by atoms with E-state index in [-0.39, 0.29) is 6.61 Å². The molecule has 0 aromatic heterocycles. The molecule has 0 amide bonds. The summed E-state index contributed by atoms with van der Waals surface area (Å²) >= 11 is 0. The van der Waals surface area contributed by atoms with Gasteiger partial charge in [0.15, 0.2) is 0 Å². The van der Waals surface area contributed by atoms with Crippen LogP contribution in [0.3, 0.4) is 0 Å². The van der Waals surface area contributed by atoms with E-state index in [1.165, 1.54) is 0 Å². The van der Waals surface area contributed by atoms with Crippen LogP contribution in [-0.2, 0) is 4.74 Å². The lowest BCUT2D eigenvalue weighted by molar-refractivity contribution is 0.195. The molecule has 0 heterocycles. The van der Waals surface area contributed by atoms with Crippen molar-refractivity contribution in [2.75, 3.05) is 6.61 Å². The third kappa shape index (κ3) is 5.40. The van der Waals surface area contributed by atoms with Crippen LogP contribution in [0, 0.1) is 6.92 Å². The van der Waals surface area contributed by atoms with Gasteiger partial charge in [-0.3, -0.25) is 0 Å². The average Bonchev–Trinajstić information content (AvgIpc) is 1.66. The molecule has 0 aliphatic heterocycles. The molecule has 1 nitrogen and oxygen atoms in total. The molecule has 0 aromatic carbocycles. The Morgan fingerprint density at radius 2 is 2.25 bits per heavy atom. The number of rotatable bonds is 3. The monoisotopic (exact) mass is 121 g/mol. The average molecular weight is 121 g/mol. The van der Waals surface area contributed by atoms with Crippen molar-refractivity contribution >= 4 is 0 Å². The number of halogens is 2. The van der Waals surface area contributed by atoms with Crippen LogP contribution in [0.15, 0.2) is 12.3 Å². The molecule has 0 saturated heterocycles. The van der Waals surface area contributed by atoms with Crippen molar-refractivity contribution in [3.05, 3.63) is 19.3 Å². The summed E-state index contributed by atoms with van der Waals surface area (Å²) in [5.74, 6) is 0. The Hall–Kier alpha value is -0.600. The molecule has 8 heavy (non-hydrogen) atoms. The molecule has 0 atom stereocenters. The first-order chi connectivity index (χ1) is 3.77. The predicted molar refractivity (Wildman–Crippen MR) is 26.5 cm³/mol. The van der Waals surface area contributed by atoms with Crippen molar-refractivity contribution in [2.45, 2.75) is 6.43 Å². The van der Waals surface area contributed by atoms with Gasteiger partial charge in [-0.1, -0.05) is 0 Å². The zero-order valence-electron chi connectivity index (χ0n) is 4.31. The second-order valence-electron chi connectivity index (χ2n) is 1.03. The highest BCUT2D eigenvalue weighted by molar-refractivity contribution is 4.75. The Kier molecular flexibility index (Phi) is 4.21. The van der Waals surface area contributed by atoms with E-state index in [9.17, 15) is 8.78 Å². The third-order valence-electron chi connectivity index (χ3n) is 0.438. The van der Waals surface area contributed by atoms with Crippen LogP contribution in [0.5, 0.6) is 0 Å². The van der Waals surface area contributed by atoms with Gasteiger partial charge in [0.2, 0.25) is 0 Å². The summed E-state index contributed by atoms with van der Waals surface area (Å²) in [5.41, 5.74) is 0. The normalized spacial score (nSPS) is 11.0. The molecule has 0 spiro atoms. The number of allylic oxidation sites excluding steroid dienone is 1. The lowest BCUT2D eigenvalue weighted by Gasteiger charge is -1.90. The van der Waals surface area contributed by atoms with Crippen LogP contribution in [0.2, 0.25) is 0 Å². The molecule has 0 bridgehead atoms. The molecular formula is C5H7F2O. The van der Waals surface area contributed by atoms with E-state index in [1.54, 1.807) is 0 Å². The molecule has 3 heteroatoms. The van der Waals surface area contributed by atoms with Crippen LogP contribution in [0.25, 0.3) is 0 Å². The topological polar surface area (TPSA) is 9.23 Å². The van der Waals surface area contributed by atoms with Crippen molar-refractivity contribution < 1.29 is 13.5 Å². The van der Waals surface area contributed by atoms with Crippen LogP contribution in [0.1, 0.15) is 0 Å². The molecule has 0 aliphatic rings. The van der Waals surface area contributed by atoms with Gasteiger partial charge in [0.1, 0.15) is 0 Å². The fraction of sp³-hybridized carbons (Fsp3) is 0.400. The van der Waals surface area contributed by atoms with Gasteiger partial charge in [-0.05, 0) is 6.92 Å². The zero-order valence-corrected chi connectivity index (χ0v) is 4.31. The smallest absolute Gasteiger partial charge is 0.260 e. The van der Waals surface area contributed by atoms with Gasteiger partial charge in [0.05, 0.1) is 12.9 Å². The molecule has 47 valence electrons. The molecule has 0 N–H and O–H groups in total. The number of hydrogen-bond donors (Lipinski definition) is 0. The summed E-state index contributed by atoms with van der Waals surface area (Å²) in [6, 6.07) is 0. The van der Waals surface area contributed by atoms with Crippen LogP contribution >= 0.6 is 0 Å². The fourth-order valence-electron chi connectivity index (χ4n) is 0.183. The molecule has 0 aliphatic carbocycles. The van der Waals surface area contributed by atoms with E-state index in [0.29, 0.717) is 6.08 Å². The Morgan fingerprint density at radius 1 is 1.62 bits per heavy atom. The van der Waals surface area contributed by atoms with Crippen molar-refractivity contribution in [3.63, 3.8) is 0 Å². The number of alkyl halides is 2. The molecular weight excluding hydrogens is 114 g/mol. The van der Waals surface area contributed by atoms with Gasteiger partial charge in [-0.2, -0.15) is 0 Å². The SMILES string of the molecule is [CH2]COC=CC(F)F. The number of hydrogen-bond acceptors (Lipinski definition) is 1. The summed E-state index contributed by atoms with van der Waals surface area (Å²) in [6.07, 6.45) is -0.829. The second kappa shape index (κ2) is 4.56. The second-order valence-corrected chi connectivity index (χ2v) is 1.03. The maximum absolute atomic E-state index is 11.2. The fourth-order valence-corrected chi connectivity index (χ4v) is 0.183. The molecule has 0 rings (SSSR count). The third-order valence-corrected chi connectivity index (χ3v) is 0.438. The van der Waals surface area contributed by atoms with Crippen molar-refractivity contribution in [1.82, 2.24) is 0 Å². The van der Waals surface area contributed by atoms with Crippen molar-refractivity contribution in [1.29, 1.82) is 0 Å². The lowest BCUT2D eigenvalue weighted by Crippen LogP contribution is -1.83. The van der Waals surface area contributed by atoms with E-state index in [0.717, 1.165) is 6.26 Å². The lowest BCUT2D eigenvalue weighted by atomic mass is 10.7. The summed E-state index contributed by atoms with van der Waals surface area (Å²) in [7, 11) is 0. The molecule has 0 unspecified atom stereocenters. The van der Waals surface area contributed by atoms with Gasteiger partial charge < -0.3 is 4.74 Å². The largest absolute Gasteiger partial charge is 0.501 e. The van der Waals surface area contributed by atoms with E-state index in [4.69, 9.17) is 0 Å². The predicted octanol–water partition coefficient (Wildman–Crippen LogP) is 1.62. The summed E-state index contributed by atoms with van der Waals surface area (Å²) in [4.78, 5) is 0. The molecule has 0 aromatic rings. The van der Waals surface area contributed by atoms with E-state index in [2.05, 4.69) is 11.7 Å². The first-order valence-electron chi connectivity index (χ1n) is 2.13. The highest BCUT2D eigenvalue weighted by Gasteiger charge is 1.90. The Labute approximate surface area is 47.0 Å². The Bertz CT molecular complexity index is 70.8. The minimum atomic E-state index is -2.43. The standard InChI is InChI=1S/C5H7F2O/c1-2-8-4-3-5(6)7/h3-5H,1-2H2. The molecule has 1 radical (unpaired) electrons. The summed E-state index contributed by atoms with van der Waals surface area (Å²) in [6.45, 7) is 3.45. The zero-order chi connectivity index (χ0) is 6.41. The van der Waals surface area contributed by atoms with Gasteiger partial charge in [-0.25, -0.2) is 8.78 Å². The highest BCUT2D eigenvalue weighted by Crippen LogP contribution is 1.92. The maximum atomic E-state index is 11.2. The van der Waals surface area contributed by atoms with Crippen LogP contribution in [-0.4, -0.2) is 13.0 Å². The van der Waals surface area contributed by atoms with Gasteiger partial charge in [0.25, 0.3) is 6.43 Å². The number of ether oxygens (including phenoxy) is 1. The molecule has 0 saturated carbocycles. The Morgan fingerprint density at radius 3 is 2.62 bits per heavy atom. The maximum Gasteiger partial charge on any atom is 0.260 e. The van der Waals surface area contributed by atoms with E-state index >= 15 is 0 Å². The van der Waals surface area contributed by atoms with Crippen molar-refractivity contribution in [3.8, 4) is 0 Å². The Balaban J connectivity index is 3.07. The minimum absolute atomic E-state index is 0.184. The quantitative estimate of drug-likeness (QED) is 0.515. The van der Waals surface area contributed by atoms with Crippen molar-refractivity contribution in [2.24, 2.45) is 0 Å². The highest BCUT2D eigenvalue weighted by atomic mass is 19.3. The molecule has 0 fully saturated rings. The van der Waals surface area contributed by atoms with Gasteiger partial charge in [-0.15, -0.1) is 0 Å². The van der Waals surface area contributed by atoms with E-state index in [1.807, 2.05) is 0 Å². The van der Waals surface area contributed by atoms with E-state index < -0.39 is 6.43 Å². The van der Waals surface area contributed by atoms with Crippen LogP contribution in [0.4, 0.5) is 8.78 Å². The van der Waals surface area contributed by atoms with Crippen LogP contribution < -0.4 is 0 Å². The first kappa shape index (κ1) is 7.40. The van der Waals surface area contributed by atoms with Gasteiger partial charge >= 0.3 is 0 Å². The summed E-state index contributed by atoms with van der Waals surface area (Å²) < 4.78 is 26.7. The minimum Gasteiger partial charge on any atom is -0.501 e. The summed E-state index contributed by atoms with van der Waals surface area (Å²) in [5, 5.41) is 0. The first-order valence-corrected chi connectivity index (χ1v) is 2.13. The van der Waals surface area contributed by atoms with Gasteiger partial charge in [0, 0.05) is 6.08 Å².